The fourth-order valence-corrected chi connectivity index (χ4v) is 3.24. The molecule has 2 rings (SSSR count). The van der Waals surface area contributed by atoms with Crippen molar-refractivity contribution in [3.8, 4) is 0 Å². The summed E-state index contributed by atoms with van der Waals surface area (Å²) in [5, 5.41) is 0. The van der Waals surface area contributed by atoms with Crippen LogP contribution in [0.25, 0.3) is 0 Å². The van der Waals surface area contributed by atoms with Crippen molar-refractivity contribution in [2.75, 3.05) is 0 Å². The van der Waals surface area contributed by atoms with E-state index in [9.17, 15) is 9.59 Å². The topological polar surface area (TPSA) is 72.4 Å². The summed E-state index contributed by atoms with van der Waals surface area (Å²) in [5.74, 6) is -1.07. The van der Waals surface area contributed by atoms with Crippen molar-refractivity contribution < 1.29 is 9.59 Å². The van der Waals surface area contributed by atoms with Crippen molar-refractivity contribution in [3.63, 3.8) is 0 Å². The summed E-state index contributed by atoms with van der Waals surface area (Å²) in [6.07, 6.45) is 5.00. The van der Waals surface area contributed by atoms with E-state index in [0.29, 0.717) is 24.8 Å². The molecule has 2 atom stereocenters. The third-order valence-electron chi connectivity index (χ3n) is 2.66. The van der Waals surface area contributed by atoms with Crippen LogP contribution in [0.5, 0.6) is 0 Å². The highest BCUT2D eigenvalue weighted by atomic mass is 35.6. The van der Waals surface area contributed by atoms with Crippen LogP contribution < -0.4 is 6.15 Å². The van der Waals surface area contributed by atoms with Crippen molar-refractivity contribution >= 4 is 58.6 Å². The molecule has 2 amide bonds. The van der Waals surface area contributed by atoms with Gasteiger partial charge in [0.2, 0.25) is 11.8 Å². The Labute approximate surface area is 118 Å². The second kappa shape index (κ2) is 5.36. The van der Waals surface area contributed by atoms with Crippen molar-refractivity contribution in [2.45, 2.75) is 16.0 Å². The number of amides is 2. The minimum atomic E-state index is -1.69. The second-order valence-corrected chi connectivity index (χ2v) is 7.78. The molecule has 8 heteroatoms. The van der Waals surface area contributed by atoms with Crippen LogP contribution in [0.1, 0.15) is 12.8 Å². The summed E-state index contributed by atoms with van der Waals surface area (Å²) in [7, 11) is 0. The number of hydrogen-bond donors (Lipinski definition) is 1. The number of hydrogen-bond acceptors (Lipinski definition) is 4. The largest absolute Gasteiger partial charge is 0.344 e. The maximum absolute atomic E-state index is 11.9. The van der Waals surface area contributed by atoms with Gasteiger partial charge in [0.25, 0.3) is 3.12 Å². The van der Waals surface area contributed by atoms with E-state index >= 15 is 0 Å². The molecule has 1 aliphatic heterocycles. The predicted molar refractivity (Wildman–Crippen MR) is 70.1 cm³/mol. The predicted octanol–water partition coefficient (Wildman–Crippen LogP) is 3.08. The summed E-state index contributed by atoms with van der Waals surface area (Å²) in [4.78, 5) is 23.8. The molecular formula is C9H11Cl3N2O2S. The number of nitrogens with zero attached hydrogens (tertiary/aromatic N) is 1. The first-order chi connectivity index (χ1) is 7.40. The quantitative estimate of drug-likeness (QED) is 0.349. The molecule has 2 unspecified atom stereocenters. The van der Waals surface area contributed by atoms with Crippen LogP contribution in [-0.4, -0.2) is 19.2 Å². The molecule has 0 saturated carbocycles. The summed E-state index contributed by atoms with van der Waals surface area (Å²) >= 11 is 17.4. The number of alkyl halides is 3. The molecule has 0 spiro atoms. The van der Waals surface area contributed by atoms with E-state index in [1.54, 1.807) is 0 Å². The zero-order valence-electron chi connectivity index (χ0n) is 8.74. The molecule has 1 saturated heterocycles. The van der Waals surface area contributed by atoms with Gasteiger partial charge in [-0.05, 0) is 12.8 Å². The van der Waals surface area contributed by atoms with Crippen LogP contribution in [0.2, 0.25) is 0 Å². The van der Waals surface area contributed by atoms with Gasteiger partial charge in [-0.1, -0.05) is 47.0 Å². The van der Waals surface area contributed by atoms with Crippen LogP contribution in [0.4, 0.5) is 0 Å². The van der Waals surface area contributed by atoms with Crippen molar-refractivity contribution in [1.29, 1.82) is 0 Å². The Hall–Kier alpha value is 0.0600. The number of imide groups is 1. The molecule has 2 aliphatic rings. The Bertz CT molecular complexity index is 344. The molecule has 0 radical (unpaired) electrons. The third-order valence-corrected chi connectivity index (χ3v) is 4.03. The molecule has 3 N–H and O–H groups in total. The lowest BCUT2D eigenvalue weighted by atomic mass is 9.85. The van der Waals surface area contributed by atoms with E-state index in [0.717, 1.165) is 4.31 Å². The maximum Gasteiger partial charge on any atom is 0.256 e. The average molecular weight is 318 g/mol. The highest BCUT2D eigenvalue weighted by Crippen LogP contribution is 2.46. The van der Waals surface area contributed by atoms with Crippen LogP contribution in [0.3, 0.4) is 0 Å². The van der Waals surface area contributed by atoms with Crippen molar-refractivity contribution in [1.82, 2.24) is 10.5 Å². The molecule has 17 heavy (non-hydrogen) atoms. The maximum atomic E-state index is 11.9. The lowest BCUT2D eigenvalue weighted by Crippen LogP contribution is -2.26. The van der Waals surface area contributed by atoms with E-state index < -0.39 is 3.12 Å². The molecule has 0 aromatic rings. The smallest absolute Gasteiger partial charge is 0.256 e. The molecular weight excluding hydrogens is 307 g/mol. The summed E-state index contributed by atoms with van der Waals surface area (Å²) < 4.78 is -0.693. The minimum Gasteiger partial charge on any atom is -0.344 e. The number of halogens is 3. The van der Waals surface area contributed by atoms with E-state index in [2.05, 4.69) is 0 Å². The fourth-order valence-electron chi connectivity index (χ4n) is 1.96. The number of rotatable bonds is 1. The van der Waals surface area contributed by atoms with Gasteiger partial charge in [-0.15, -0.1) is 0 Å². The minimum absolute atomic E-state index is 0. The van der Waals surface area contributed by atoms with E-state index in [1.165, 1.54) is 0 Å². The van der Waals surface area contributed by atoms with Gasteiger partial charge in [0.15, 0.2) is 0 Å². The SMILES string of the molecule is N.O=C1C2CC=CCC2C(=O)N1SC(Cl)(Cl)Cl. The molecule has 1 fully saturated rings. The Kier molecular flexibility index (Phi) is 4.77. The molecule has 0 aromatic heterocycles. The first-order valence-electron chi connectivity index (χ1n) is 4.69. The molecule has 96 valence electrons. The Morgan fingerprint density at radius 2 is 1.53 bits per heavy atom. The molecule has 0 aromatic carbocycles. The molecule has 0 bridgehead atoms. The standard InChI is InChI=1S/C9H8Cl3NO2S.H3N/c10-9(11,12)16-13-7(14)5-3-1-2-4-6(5)8(13)15;/h1-2,5-6H,3-4H2;1H3. The highest BCUT2D eigenvalue weighted by Gasteiger charge is 2.49. The number of carbonyl (C=O) groups excluding carboxylic acids is 2. The first kappa shape index (κ1) is 15.1. The van der Waals surface area contributed by atoms with Crippen molar-refractivity contribution in [3.05, 3.63) is 12.2 Å². The number of carbonyl (C=O) groups is 2. The average Bonchev–Trinajstić information content (AvgIpc) is 2.43. The van der Waals surface area contributed by atoms with Gasteiger partial charge in [-0.25, -0.2) is 4.31 Å². The van der Waals surface area contributed by atoms with Crippen LogP contribution >= 0.6 is 46.8 Å². The monoisotopic (exact) mass is 316 g/mol. The zero-order chi connectivity index (χ0) is 11.9. The van der Waals surface area contributed by atoms with Crippen LogP contribution in [0.15, 0.2) is 12.2 Å². The summed E-state index contributed by atoms with van der Waals surface area (Å²) in [6, 6.07) is 0. The third kappa shape index (κ3) is 3.09. The van der Waals surface area contributed by atoms with Crippen molar-refractivity contribution in [2.24, 2.45) is 11.8 Å². The van der Waals surface area contributed by atoms with E-state index in [4.69, 9.17) is 34.8 Å². The van der Waals surface area contributed by atoms with Crippen LogP contribution in [0, 0.1) is 11.8 Å². The summed E-state index contributed by atoms with van der Waals surface area (Å²) in [6.45, 7) is 0. The second-order valence-electron chi connectivity index (χ2n) is 3.66. The molecule has 1 aliphatic carbocycles. The Morgan fingerprint density at radius 3 is 1.88 bits per heavy atom. The lowest BCUT2D eigenvalue weighted by Gasteiger charge is -2.17. The Morgan fingerprint density at radius 1 is 1.12 bits per heavy atom. The highest BCUT2D eigenvalue weighted by molar-refractivity contribution is 8.03. The van der Waals surface area contributed by atoms with Gasteiger partial charge < -0.3 is 6.15 Å². The van der Waals surface area contributed by atoms with E-state index in [-0.39, 0.29) is 29.8 Å². The number of allylic oxidation sites excluding steroid dienone is 2. The van der Waals surface area contributed by atoms with Gasteiger partial charge in [-0.2, -0.15) is 0 Å². The molecule has 1 heterocycles. The van der Waals surface area contributed by atoms with Gasteiger partial charge in [-0.3, -0.25) is 9.59 Å². The normalized spacial score (nSPS) is 28.1. The summed E-state index contributed by atoms with van der Waals surface area (Å²) in [5.41, 5.74) is 0. The Balaban J connectivity index is 0.00000144. The number of fused-ring (bicyclic) bond motifs is 1. The van der Waals surface area contributed by atoms with E-state index in [1.807, 2.05) is 12.2 Å². The van der Waals surface area contributed by atoms with Gasteiger partial charge in [0.1, 0.15) is 0 Å². The first-order valence-corrected chi connectivity index (χ1v) is 6.59. The lowest BCUT2D eigenvalue weighted by molar-refractivity contribution is -0.133. The fraction of sp³-hybridized carbons (Fsp3) is 0.556. The molecule has 4 nitrogen and oxygen atoms in total. The van der Waals surface area contributed by atoms with Gasteiger partial charge in [0, 0.05) is 11.9 Å². The van der Waals surface area contributed by atoms with Crippen LogP contribution in [-0.2, 0) is 9.59 Å². The van der Waals surface area contributed by atoms with Gasteiger partial charge in [0.05, 0.1) is 11.8 Å². The zero-order valence-corrected chi connectivity index (χ0v) is 11.8. The van der Waals surface area contributed by atoms with Gasteiger partial charge >= 0.3 is 0 Å².